The van der Waals surface area contributed by atoms with E-state index < -0.39 is 0 Å². The van der Waals surface area contributed by atoms with Gasteiger partial charge in [-0.3, -0.25) is 14.6 Å². The summed E-state index contributed by atoms with van der Waals surface area (Å²) in [4.78, 5) is 28.2. The monoisotopic (exact) mass is 243 g/mol. The minimum Gasteiger partial charge on any atom is -0.289 e. The van der Waals surface area contributed by atoms with Crippen LogP contribution >= 0.6 is 11.6 Å². The molecule has 0 unspecified atom stereocenters. The van der Waals surface area contributed by atoms with Crippen LogP contribution in [-0.4, -0.2) is 16.6 Å². The summed E-state index contributed by atoms with van der Waals surface area (Å²) in [6.45, 7) is 0. The van der Waals surface area contributed by atoms with Gasteiger partial charge in [0.05, 0.1) is 5.56 Å². The molecule has 82 valence electrons. The Morgan fingerprint density at radius 1 is 0.882 bits per heavy atom. The predicted octanol–water partition coefficient (Wildman–Crippen LogP) is 2.51. The van der Waals surface area contributed by atoms with Crippen molar-refractivity contribution >= 4 is 23.2 Å². The van der Waals surface area contributed by atoms with Crippen LogP contribution in [0.1, 0.15) is 31.8 Å². The van der Waals surface area contributed by atoms with Crippen molar-refractivity contribution in [3.63, 3.8) is 0 Å². The van der Waals surface area contributed by atoms with E-state index in [1.54, 1.807) is 18.2 Å². The van der Waals surface area contributed by atoms with Gasteiger partial charge in [-0.05, 0) is 24.3 Å². The summed E-state index contributed by atoms with van der Waals surface area (Å²) in [5.41, 5.74) is 1.49. The Hall–Kier alpha value is -2.00. The fourth-order valence-electron chi connectivity index (χ4n) is 1.97. The van der Waals surface area contributed by atoms with Gasteiger partial charge in [0.15, 0.2) is 11.6 Å². The first kappa shape index (κ1) is 10.2. The number of ketones is 2. The summed E-state index contributed by atoms with van der Waals surface area (Å²) in [7, 11) is 0. The van der Waals surface area contributed by atoms with Crippen molar-refractivity contribution < 1.29 is 9.59 Å². The topological polar surface area (TPSA) is 47.0 Å². The minimum atomic E-state index is -0.204. The number of benzene rings is 1. The molecule has 0 amide bonds. The van der Waals surface area contributed by atoms with Crippen LogP contribution in [0.2, 0.25) is 5.02 Å². The molecule has 0 radical (unpaired) electrons. The Labute approximate surface area is 102 Å². The molecule has 2 aromatic rings. The average molecular weight is 244 g/mol. The van der Waals surface area contributed by atoms with E-state index in [0.29, 0.717) is 27.3 Å². The first-order chi connectivity index (χ1) is 8.18. The van der Waals surface area contributed by atoms with Crippen molar-refractivity contribution in [3.8, 4) is 0 Å². The van der Waals surface area contributed by atoms with Crippen LogP contribution in [0, 0.1) is 0 Å². The second-order valence-electron chi connectivity index (χ2n) is 3.77. The third-order valence-corrected chi connectivity index (χ3v) is 3.02. The van der Waals surface area contributed by atoms with Gasteiger partial charge in [-0.1, -0.05) is 11.6 Å². The predicted molar refractivity (Wildman–Crippen MR) is 62.6 cm³/mol. The van der Waals surface area contributed by atoms with E-state index in [0.717, 1.165) is 0 Å². The van der Waals surface area contributed by atoms with Crippen LogP contribution in [0.25, 0.3) is 0 Å². The van der Waals surface area contributed by atoms with Gasteiger partial charge in [0.1, 0.15) is 0 Å². The summed E-state index contributed by atoms with van der Waals surface area (Å²) in [6, 6.07) is 6.28. The first-order valence-corrected chi connectivity index (χ1v) is 5.39. The quantitative estimate of drug-likeness (QED) is 0.610. The minimum absolute atomic E-state index is 0.159. The molecule has 0 atom stereocenters. The molecule has 0 fully saturated rings. The van der Waals surface area contributed by atoms with E-state index in [4.69, 9.17) is 11.6 Å². The van der Waals surface area contributed by atoms with Crippen LogP contribution in [0.5, 0.6) is 0 Å². The smallest absolute Gasteiger partial charge is 0.196 e. The van der Waals surface area contributed by atoms with Crippen LogP contribution in [0.3, 0.4) is 0 Å². The van der Waals surface area contributed by atoms with E-state index >= 15 is 0 Å². The molecule has 17 heavy (non-hydrogen) atoms. The molecular weight excluding hydrogens is 238 g/mol. The lowest BCUT2D eigenvalue weighted by Gasteiger charge is -2.16. The standard InChI is InChI=1S/C13H6ClNO2/c14-7-1-2-8-10(5-7)13(17)11-6-15-4-3-9(11)12(8)16/h1-6H. The third kappa shape index (κ3) is 1.40. The Morgan fingerprint density at radius 2 is 1.59 bits per heavy atom. The zero-order valence-corrected chi connectivity index (χ0v) is 9.36. The van der Waals surface area contributed by atoms with Crippen LogP contribution < -0.4 is 0 Å². The Balaban J connectivity index is 2.33. The number of hydrogen-bond acceptors (Lipinski definition) is 3. The summed E-state index contributed by atoms with van der Waals surface area (Å²) in [5, 5.41) is 0.442. The third-order valence-electron chi connectivity index (χ3n) is 2.78. The fourth-order valence-corrected chi connectivity index (χ4v) is 2.14. The molecule has 1 aromatic heterocycles. The summed E-state index contributed by atoms with van der Waals surface area (Å²) >= 11 is 5.84. The number of hydrogen-bond donors (Lipinski definition) is 0. The van der Waals surface area contributed by atoms with Crippen molar-refractivity contribution in [2.24, 2.45) is 0 Å². The van der Waals surface area contributed by atoms with Gasteiger partial charge in [-0.25, -0.2) is 0 Å². The van der Waals surface area contributed by atoms with Gasteiger partial charge in [0.25, 0.3) is 0 Å². The molecule has 4 heteroatoms. The maximum absolute atomic E-state index is 12.2. The lowest BCUT2D eigenvalue weighted by Crippen LogP contribution is -2.20. The molecule has 0 aliphatic heterocycles. The number of aromatic nitrogens is 1. The number of carbonyl (C=O) groups is 2. The largest absolute Gasteiger partial charge is 0.289 e. The molecular formula is C13H6ClNO2. The molecule has 0 saturated carbocycles. The zero-order chi connectivity index (χ0) is 12.0. The molecule has 1 aliphatic carbocycles. The van der Waals surface area contributed by atoms with Gasteiger partial charge >= 0.3 is 0 Å². The molecule has 1 heterocycles. The summed E-state index contributed by atoms with van der Waals surface area (Å²) in [5.74, 6) is -0.362. The lowest BCUT2D eigenvalue weighted by atomic mass is 9.85. The first-order valence-electron chi connectivity index (χ1n) is 5.01. The second kappa shape index (κ2) is 3.50. The van der Waals surface area contributed by atoms with Crippen LogP contribution in [0.4, 0.5) is 0 Å². The normalized spacial score (nSPS) is 13.2. The number of halogens is 1. The highest BCUT2D eigenvalue weighted by atomic mass is 35.5. The van der Waals surface area contributed by atoms with Gasteiger partial charge in [-0.15, -0.1) is 0 Å². The molecule has 0 bridgehead atoms. The lowest BCUT2D eigenvalue weighted by molar-refractivity contribution is 0.0978. The van der Waals surface area contributed by atoms with Crippen LogP contribution in [-0.2, 0) is 0 Å². The van der Waals surface area contributed by atoms with E-state index in [1.807, 2.05) is 0 Å². The van der Waals surface area contributed by atoms with Crippen molar-refractivity contribution in [2.75, 3.05) is 0 Å². The molecule has 0 N–H and O–H groups in total. The SMILES string of the molecule is O=C1c2ccncc2C(=O)c2cc(Cl)ccc21. The molecule has 0 saturated heterocycles. The van der Waals surface area contributed by atoms with E-state index in [-0.39, 0.29) is 11.6 Å². The zero-order valence-electron chi connectivity index (χ0n) is 8.61. The van der Waals surface area contributed by atoms with Gasteiger partial charge in [-0.2, -0.15) is 0 Å². The molecule has 3 rings (SSSR count). The summed E-state index contributed by atoms with van der Waals surface area (Å²) < 4.78 is 0. The molecule has 1 aliphatic rings. The van der Waals surface area contributed by atoms with Crippen LogP contribution in [0.15, 0.2) is 36.7 Å². The highest BCUT2D eigenvalue weighted by Crippen LogP contribution is 2.28. The Bertz CT molecular complexity index is 664. The van der Waals surface area contributed by atoms with E-state index in [2.05, 4.69) is 4.98 Å². The fraction of sp³-hybridized carbons (Fsp3) is 0. The van der Waals surface area contributed by atoms with Gasteiger partial charge in [0, 0.05) is 34.1 Å². The maximum atomic E-state index is 12.2. The number of carbonyl (C=O) groups excluding carboxylic acids is 2. The van der Waals surface area contributed by atoms with Gasteiger partial charge < -0.3 is 0 Å². The molecule has 3 nitrogen and oxygen atoms in total. The number of rotatable bonds is 0. The van der Waals surface area contributed by atoms with E-state index in [1.165, 1.54) is 18.5 Å². The Kier molecular flexibility index (Phi) is 2.09. The number of nitrogens with zero attached hydrogens (tertiary/aromatic N) is 1. The van der Waals surface area contributed by atoms with Gasteiger partial charge in [0.2, 0.25) is 0 Å². The summed E-state index contributed by atoms with van der Waals surface area (Å²) in [6.07, 6.45) is 2.92. The molecule has 0 spiro atoms. The Morgan fingerprint density at radius 3 is 2.41 bits per heavy atom. The van der Waals surface area contributed by atoms with Crippen molar-refractivity contribution in [3.05, 3.63) is 63.9 Å². The number of fused-ring (bicyclic) bond motifs is 2. The highest BCUT2D eigenvalue weighted by molar-refractivity contribution is 6.33. The average Bonchev–Trinajstić information content (AvgIpc) is 2.36. The highest BCUT2D eigenvalue weighted by Gasteiger charge is 2.29. The van der Waals surface area contributed by atoms with Crippen molar-refractivity contribution in [2.45, 2.75) is 0 Å². The van der Waals surface area contributed by atoms with Crippen molar-refractivity contribution in [1.82, 2.24) is 4.98 Å². The van der Waals surface area contributed by atoms with E-state index in [9.17, 15) is 9.59 Å². The maximum Gasteiger partial charge on any atom is 0.196 e. The van der Waals surface area contributed by atoms with Crippen molar-refractivity contribution in [1.29, 1.82) is 0 Å². The number of pyridine rings is 1. The second-order valence-corrected chi connectivity index (χ2v) is 4.21. The molecule has 1 aromatic carbocycles.